The highest BCUT2D eigenvalue weighted by atomic mass is 32.2. The van der Waals surface area contributed by atoms with Crippen molar-refractivity contribution in [2.75, 3.05) is 4.72 Å². The van der Waals surface area contributed by atoms with Gasteiger partial charge in [-0.1, -0.05) is 54.6 Å². The molecule has 1 unspecified atom stereocenters. The zero-order valence-electron chi connectivity index (χ0n) is 13.8. The van der Waals surface area contributed by atoms with Crippen molar-refractivity contribution >= 4 is 15.7 Å². The molecule has 0 spiro atoms. The number of aliphatic hydroxyl groups excluding tert-OH is 1. The SMILES string of the molecule is CC(O)c1cccc(NS(=O)(=O)c2ccc(-c3ccccc3)cc2)c1. The summed E-state index contributed by atoms with van der Waals surface area (Å²) in [4.78, 5) is 0.189. The van der Waals surface area contributed by atoms with Crippen molar-refractivity contribution in [3.05, 3.63) is 84.4 Å². The third-order valence-corrected chi connectivity index (χ3v) is 5.29. The van der Waals surface area contributed by atoms with Crippen LogP contribution in [-0.2, 0) is 10.0 Å². The van der Waals surface area contributed by atoms with Crippen LogP contribution in [0.4, 0.5) is 5.69 Å². The maximum Gasteiger partial charge on any atom is 0.261 e. The quantitative estimate of drug-likeness (QED) is 0.722. The van der Waals surface area contributed by atoms with E-state index in [1.54, 1.807) is 55.5 Å². The smallest absolute Gasteiger partial charge is 0.261 e. The molecule has 0 fully saturated rings. The molecule has 3 aromatic carbocycles. The van der Waals surface area contributed by atoms with Gasteiger partial charge in [0.05, 0.1) is 11.0 Å². The summed E-state index contributed by atoms with van der Waals surface area (Å²) in [5.41, 5.74) is 3.06. The molecule has 0 amide bonds. The Hall–Kier alpha value is -2.63. The first-order chi connectivity index (χ1) is 12.0. The highest BCUT2D eigenvalue weighted by molar-refractivity contribution is 7.92. The zero-order valence-corrected chi connectivity index (χ0v) is 14.6. The number of anilines is 1. The Labute approximate surface area is 147 Å². The van der Waals surface area contributed by atoms with E-state index in [1.165, 1.54) is 0 Å². The molecule has 128 valence electrons. The Morgan fingerprint density at radius 1 is 0.840 bits per heavy atom. The number of benzene rings is 3. The number of hydrogen-bond donors (Lipinski definition) is 2. The normalized spacial score (nSPS) is 12.6. The summed E-state index contributed by atoms with van der Waals surface area (Å²) in [6.07, 6.45) is -0.658. The molecular formula is C20H19NO3S. The van der Waals surface area contributed by atoms with Crippen LogP contribution in [0.3, 0.4) is 0 Å². The third kappa shape index (κ3) is 4.07. The number of nitrogens with one attached hydrogen (secondary N) is 1. The third-order valence-electron chi connectivity index (χ3n) is 3.89. The van der Waals surface area contributed by atoms with E-state index in [4.69, 9.17) is 0 Å². The molecule has 2 N–H and O–H groups in total. The largest absolute Gasteiger partial charge is 0.389 e. The predicted molar refractivity (Wildman–Crippen MR) is 99.8 cm³/mol. The number of rotatable bonds is 5. The Bertz CT molecular complexity index is 950. The average Bonchev–Trinajstić information content (AvgIpc) is 2.62. The summed E-state index contributed by atoms with van der Waals surface area (Å²) in [5.74, 6) is 0. The van der Waals surface area contributed by atoms with Gasteiger partial charge in [0.25, 0.3) is 10.0 Å². The summed E-state index contributed by atoms with van der Waals surface area (Å²) in [6.45, 7) is 1.63. The van der Waals surface area contributed by atoms with Crippen LogP contribution in [0.15, 0.2) is 83.8 Å². The second-order valence-electron chi connectivity index (χ2n) is 5.80. The van der Waals surface area contributed by atoms with Crippen LogP contribution in [0.5, 0.6) is 0 Å². The highest BCUT2D eigenvalue weighted by Crippen LogP contribution is 2.23. The van der Waals surface area contributed by atoms with E-state index in [0.29, 0.717) is 11.3 Å². The first kappa shape index (κ1) is 17.2. The van der Waals surface area contributed by atoms with Crippen LogP contribution in [0.1, 0.15) is 18.6 Å². The van der Waals surface area contributed by atoms with Crippen molar-refractivity contribution in [3.8, 4) is 11.1 Å². The molecule has 4 nitrogen and oxygen atoms in total. The first-order valence-corrected chi connectivity index (χ1v) is 9.40. The van der Waals surface area contributed by atoms with Crippen LogP contribution in [-0.4, -0.2) is 13.5 Å². The maximum absolute atomic E-state index is 12.6. The summed E-state index contributed by atoms with van der Waals surface area (Å²) >= 11 is 0. The van der Waals surface area contributed by atoms with Gasteiger partial charge in [0, 0.05) is 5.69 Å². The van der Waals surface area contributed by atoms with E-state index in [9.17, 15) is 13.5 Å². The molecule has 0 saturated carbocycles. The molecule has 25 heavy (non-hydrogen) atoms. The standard InChI is InChI=1S/C20H19NO3S/c1-15(22)18-8-5-9-19(14-18)21-25(23,24)20-12-10-17(11-13-20)16-6-3-2-4-7-16/h2-15,21-22H,1H3. The molecule has 1 atom stereocenters. The van der Waals surface area contributed by atoms with Gasteiger partial charge in [-0.3, -0.25) is 4.72 Å². The fourth-order valence-corrected chi connectivity index (χ4v) is 3.58. The van der Waals surface area contributed by atoms with Crippen molar-refractivity contribution in [2.45, 2.75) is 17.9 Å². The van der Waals surface area contributed by atoms with Crippen LogP contribution in [0.25, 0.3) is 11.1 Å². The van der Waals surface area contributed by atoms with E-state index in [1.807, 2.05) is 30.3 Å². The van der Waals surface area contributed by atoms with Crippen LogP contribution in [0.2, 0.25) is 0 Å². The molecule has 0 aliphatic heterocycles. The molecule has 0 aromatic heterocycles. The van der Waals surface area contributed by atoms with Crippen molar-refractivity contribution < 1.29 is 13.5 Å². The van der Waals surface area contributed by atoms with E-state index in [2.05, 4.69) is 4.72 Å². The Kier molecular flexibility index (Phi) is 4.88. The molecule has 0 aliphatic rings. The fraction of sp³-hybridized carbons (Fsp3) is 0.100. The molecule has 0 heterocycles. The van der Waals surface area contributed by atoms with E-state index >= 15 is 0 Å². The summed E-state index contributed by atoms with van der Waals surface area (Å²) < 4.78 is 27.7. The zero-order chi connectivity index (χ0) is 17.9. The van der Waals surface area contributed by atoms with Gasteiger partial charge in [0.2, 0.25) is 0 Å². The second-order valence-corrected chi connectivity index (χ2v) is 7.48. The van der Waals surface area contributed by atoms with E-state index in [0.717, 1.165) is 11.1 Å². The molecule has 0 aliphatic carbocycles. The lowest BCUT2D eigenvalue weighted by atomic mass is 10.1. The summed E-state index contributed by atoms with van der Waals surface area (Å²) in [6, 6.07) is 23.3. The van der Waals surface area contributed by atoms with Crippen LogP contribution >= 0.6 is 0 Å². The monoisotopic (exact) mass is 353 g/mol. The van der Waals surface area contributed by atoms with Crippen molar-refractivity contribution in [1.29, 1.82) is 0 Å². The van der Waals surface area contributed by atoms with Gasteiger partial charge in [-0.2, -0.15) is 0 Å². The predicted octanol–water partition coefficient (Wildman–Crippen LogP) is 4.21. The lowest BCUT2D eigenvalue weighted by Crippen LogP contribution is -2.13. The van der Waals surface area contributed by atoms with Gasteiger partial charge < -0.3 is 5.11 Å². The van der Waals surface area contributed by atoms with Crippen molar-refractivity contribution in [3.63, 3.8) is 0 Å². The van der Waals surface area contributed by atoms with Crippen LogP contribution in [0, 0.1) is 0 Å². The molecule has 0 radical (unpaired) electrons. The topological polar surface area (TPSA) is 66.4 Å². The molecule has 0 bridgehead atoms. The van der Waals surface area contributed by atoms with Gasteiger partial charge in [-0.05, 0) is 47.9 Å². The van der Waals surface area contributed by atoms with Crippen LogP contribution < -0.4 is 4.72 Å². The molecule has 5 heteroatoms. The lowest BCUT2D eigenvalue weighted by Gasteiger charge is -2.11. The molecule has 0 saturated heterocycles. The van der Waals surface area contributed by atoms with Gasteiger partial charge in [-0.15, -0.1) is 0 Å². The molecular weight excluding hydrogens is 334 g/mol. The van der Waals surface area contributed by atoms with Gasteiger partial charge in [0.15, 0.2) is 0 Å². The molecule has 3 aromatic rings. The van der Waals surface area contributed by atoms with Gasteiger partial charge in [-0.25, -0.2) is 8.42 Å². The minimum atomic E-state index is -3.69. The van der Waals surface area contributed by atoms with Gasteiger partial charge in [0.1, 0.15) is 0 Å². The highest BCUT2D eigenvalue weighted by Gasteiger charge is 2.15. The molecule has 3 rings (SSSR count). The first-order valence-electron chi connectivity index (χ1n) is 7.92. The Balaban J connectivity index is 1.84. The fourth-order valence-electron chi connectivity index (χ4n) is 2.53. The maximum atomic E-state index is 12.6. The van der Waals surface area contributed by atoms with Gasteiger partial charge >= 0.3 is 0 Å². The Morgan fingerprint density at radius 3 is 2.12 bits per heavy atom. The summed E-state index contributed by atoms with van der Waals surface area (Å²) in [5, 5.41) is 9.63. The van der Waals surface area contributed by atoms with E-state index < -0.39 is 16.1 Å². The minimum absolute atomic E-state index is 0.189. The number of sulfonamides is 1. The second kappa shape index (κ2) is 7.09. The number of hydrogen-bond acceptors (Lipinski definition) is 3. The van der Waals surface area contributed by atoms with Crippen molar-refractivity contribution in [1.82, 2.24) is 0 Å². The average molecular weight is 353 g/mol. The number of aliphatic hydroxyl groups is 1. The lowest BCUT2D eigenvalue weighted by molar-refractivity contribution is 0.199. The summed E-state index contributed by atoms with van der Waals surface area (Å²) in [7, 11) is -3.69. The Morgan fingerprint density at radius 2 is 1.48 bits per heavy atom. The minimum Gasteiger partial charge on any atom is -0.389 e. The van der Waals surface area contributed by atoms with Crippen molar-refractivity contribution in [2.24, 2.45) is 0 Å². The van der Waals surface area contributed by atoms with E-state index in [-0.39, 0.29) is 4.90 Å².